The van der Waals surface area contributed by atoms with Crippen molar-refractivity contribution in [2.45, 2.75) is 45.4 Å². The van der Waals surface area contributed by atoms with Crippen molar-refractivity contribution in [2.75, 3.05) is 26.9 Å². The molecular formula is C14H25N3O2. The van der Waals surface area contributed by atoms with Gasteiger partial charge in [-0.1, -0.05) is 6.92 Å². The minimum atomic E-state index is -0.148. The fourth-order valence-electron chi connectivity index (χ4n) is 2.48. The van der Waals surface area contributed by atoms with E-state index in [0.717, 1.165) is 44.8 Å². The molecule has 5 nitrogen and oxygen atoms in total. The summed E-state index contributed by atoms with van der Waals surface area (Å²) in [5.74, 6) is 0. The number of methoxy groups -OCH3 is 1. The van der Waals surface area contributed by atoms with Crippen LogP contribution in [-0.4, -0.2) is 42.2 Å². The van der Waals surface area contributed by atoms with Gasteiger partial charge >= 0.3 is 0 Å². The Morgan fingerprint density at radius 1 is 1.53 bits per heavy atom. The van der Waals surface area contributed by atoms with E-state index in [1.54, 1.807) is 7.11 Å². The Morgan fingerprint density at radius 2 is 2.37 bits per heavy atom. The van der Waals surface area contributed by atoms with Crippen molar-refractivity contribution >= 4 is 0 Å². The third kappa shape index (κ3) is 3.35. The van der Waals surface area contributed by atoms with Gasteiger partial charge in [-0.2, -0.15) is 5.10 Å². The maximum atomic E-state index is 5.61. The van der Waals surface area contributed by atoms with Gasteiger partial charge in [-0.25, -0.2) is 0 Å². The highest BCUT2D eigenvalue weighted by atomic mass is 16.5. The summed E-state index contributed by atoms with van der Waals surface area (Å²) < 4.78 is 13.1. The first-order valence-corrected chi connectivity index (χ1v) is 7.12. The average Bonchev–Trinajstić information content (AvgIpc) is 3.06. The molecule has 1 saturated heterocycles. The van der Waals surface area contributed by atoms with Gasteiger partial charge < -0.3 is 14.8 Å². The molecule has 1 atom stereocenters. The molecule has 1 N–H and O–H groups in total. The highest BCUT2D eigenvalue weighted by Gasteiger charge is 2.34. The fourth-order valence-corrected chi connectivity index (χ4v) is 2.48. The quantitative estimate of drug-likeness (QED) is 0.810. The smallest absolute Gasteiger partial charge is 0.106 e. The van der Waals surface area contributed by atoms with E-state index in [9.17, 15) is 0 Å². The Hall–Kier alpha value is -0.910. The van der Waals surface area contributed by atoms with Crippen molar-refractivity contribution in [1.82, 2.24) is 15.1 Å². The monoisotopic (exact) mass is 267 g/mol. The number of ether oxygens (including phenoxy) is 2. The number of nitrogens with zero attached hydrogens (tertiary/aromatic N) is 2. The molecule has 2 heterocycles. The third-order valence-corrected chi connectivity index (χ3v) is 3.83. The van der Waals surface area contributed by atoms with Gasteiger partial charge in [0.15, 0.2) is 0 Å². The standard InChI is InChI=1S/C14H25N3O2/c1-4-12-8-13(17(5-2)16-12)9-15-10-14(18-3)6-7-19-11-14/h8,15H,4-7,9-11H2,1-3H3. The highest BCUT2D eigenvalue weighted by molar-refractivity contribution is 5.10. The molecule has 0 aliphatic carbocycles. The van der Waals surface area contributed by atoms with Crippen LogP contribution >= 0.6 is 0 Å². The Kier molecular flexibility index (Phi) is 4.96. The van der Waals surface area contributed by atoms with Crippen LogP contribution in [0.25, 0.3) is 0 Å². The van der Waals surface area contributed by atoms with Crippen LogP contribution in [0.2, 0.25) is 0 Å². The number of nitrogens with one attached hydrogen (secondary N) is 1. The van der Waals surface area contributed by atoms with Crippen molar-refractivity contribution in [3.63, 3.8) is 0 Å². The lowest BCUT2D eigenvalue weighted by Crippen LogP contribution is -2.42. The molecule has 0 saturated carbocycles. The average molecular weight is 267 g/mol. The zero-order chi connectivity index (χ0) is 13.7. The Balaban J connectivity index is 1.89. The van der Waals surface area contributed by atoms with Crippen LogP contribution in [0.15, 0.2) is 6.07 Å². The van der Waals surface area contributed by atoms with E-state index in [4.69, 9.17) is 9.47 Å². The summed E-state index contributed by atoms with van der Waals surface area (Å²) in [5.41, 5.74) is 2.25. The van der Waals surface area contributed by atoms with Gasteiger partial charge in [0.1, 0.15) is 5.60 Å². The van der Waals surface area contributed by atoms with E-state index in [-0.39, 0.29) is 5.60 Å². The van der Waals surface area contributed by atoms with Crippen molar-refractivity contribution in [3.8, 4) is 0 Å². The minimum absolute atomic E-state index is 0.148. The zero-order valence-corrected chi connectivity index (χ0v) is 12.2. The molecule has 2 rings (SSSR count). The molecule has 5 heteroatoms. The summed E-state index contributed by atoms with van der Waals surface area (Å²) in [5, 5.41) is 8.04. The molecule has 0 bridgehead atoms. The predicted octanol–water partition coefficient (Wildman–Crippen LogP) is 1.36. The fraction of sp³-hybridized carbons (Fsp3) is 0.786. The minimum Gasteiger partial charge on any atom is -0.378 e. The lowest BCUT2D eigenvalue weighted by molar-refractivity contribution is -0.0160. The lowest BCUT2D eigenvalue weighted by Gasteiger charge is -2.26. The molecule has 108 valence electrons. The highest BCUT2D eigenvalue weighted by Crippen LogP contribution is 2.21. The first-order chi connectivity index (χ1) is 9.23. The van der Waals surface area contributed by atoms with Gasteiger partial charge in [-0.3, -0.25) is 4.68 Å². The second-order valence-electron chi connectivity index (χ2n) is 5.09. The number of aryl methyl sites for hydroxylation is 2. The van der Waals surface area contributed by atoms with E-state index in [1.165, 1.54) is 5.69 Å². The van der Waals surface area contributed by atoms with Crippen LogP contribution in [0.5, 0.6) is 0 Å². The molecule has 1 aliphatic heterocycles. The number of aromatic nitrogens is 2. The van der Waals surface area contributed by atoms with E-state index >= 15 is 0 Å². The molecule has 0 aromatic carbocycles. The molecule has 0 radical (unpaired) electrons. The van der Waals surface area contributed by atoms with Gasteiger partial charge in [-0.15, -0.1) is 0 Å². The van der Waals surface area contributed by atoms with E-state index in [2.05, 4.69) is 35.0 Å². The van der Waals surface area contributed by atoms with Crippen LogP contribution in [-0.2, 0) is 29.0 Å². The molecule has 1 aromatic rings. The van der Waals surface area contributed by atoms with Crippen molar-refractivity contribution in [1.29, 1.82) is 0 Å². The van der Waals surface area contributed by atoms with Crippen LogP contribution in [0.1, 0.15) is 31.7 Å². The van der Waals surface area contributed by atoms with E-state index in [0.29, 0.717) is 6.61 Å². The molecule has 1 unspecified atom stereocenters. The third-order valence-electron chi connectivity index (χ3n) is 3.83. The topological polar surface area (TPSA) is 48.3 Å². The van der Waals surface area contributed by atoms with E-state index < -0.39 is 0 Å². The lowest BCUT2D eigenvalue weighted by atomic mass is 10.0. The van der Waals surface area contributed by atoms with Gasteiger partial charge in [0, 0.05) is 39.8 Å². The second-order valence-corrected chi connectivity index (χ2v) is 5.09. The summed E-state index contributed by atoms with van der Waals surface area (Å²) in [6.45, 7) is 8.29. The summed E-state index contributed by atoms with van der Waals surface area (Å²) in [7, 11) is 1.77. The normalized spacial score (nSPS) is 23.1. The van der Waals surface area contributed by atoms with Gasteiger partial charge in [-0.05, 0) is 19.4 Å². The summed E-state index contributed by atoms with van der Waals surface area (Å²) in [4.78, 5) is 0. The molecule has 19 heavy (non-hydrogen) atoms. The second kappa shape index (κ2) is 6.50. The van der Waals surface area contributed by atoms with Crippen molar-refractivity contribution in [2.24, 2.45) is 0 Å². The Morgan fingerprint density at radius 3 is 2.95 bits per heavy atom. The van der Waals surface area contributed by atoms with Crippen LogP contribution in [0.4, 0.5) is 0 Å². The summed E-state index contributed by atoms with van der Waals surface area (Å²) in [6.07, 6.45) is 1.94. The number of rotatable bonds is 7. The first kappa shape index (κ1) is 14.5. The predicted molar refractivity (Wildman–Crippen MR) is 74.2 cm³/mol. The van der Waals surface area contributed by atoms with Crippen LogP contribution in [0, 0.1) is 0 Å². The van der Waals surface area contributed by atoms with Crippen molar-refractivity contribution in [3.05, 3.63) is 17.5 Å². The van der Waals surface area contributed by atoms with Crippen LogP contribution < -0.4 is 5.32 Å². The molecule has 0 amide bonds. The summed E-state index contributed by atoms with van der Waals surface area (Å²) in [6, 6.07) is 2.18. The number of hydrogen-bond donors (Lipinski definition) is 1. The number of hydrogen-bond acceptors (Lipinski definition) is 4. The summed E-state index contributed by atoms with van der Waals surface area (Å²) >= 11 is 0. The molecule has 0 spiro atoms. The maximum Gasteiger partial charge on any atom is 0.106 e. The van der Waals surface area contributed by atoms with Gasteiger partial charge in [0.2, 0.25) is 0 Å². The largest absolute Gasteiger partial charge is 0.378 e. The maximum absolute atomic E-state index is 5.61. The van der Waals surface area contributed by atoms with Crippen molar-refractivity contribution < 1.29 is 9.47 Å². The Bertz CT molecular complexity index is 397. The van der Waals surface area contributed by atoms with E-state index in [1.807, 2.05) is 0 Å². The Labute approximate surface area is 115 Å². The SMILES string of the molecule is CCc1cc(CNCC2(OC)CCOC2)n(CC)n1. The molecular weight excluding hydrogens is 242 g/mol. The molecule has 1 aromatic heterocycles. The molecule has 1 aliphatic rings. The first-order valence-electron chi connectivity index (χ1n) is 7.12. The van der Waals surface area contributed by atoms with Gasteiger partial charge in [0.25, 0.3) is 0 Å². The van der Waals surface area contributed by atoms with Gasteiger partial charge in [0.05, 0.1) is 18.0 Å². The zero-order valence-electron chi connectivity index (χ0n) is 12.2. The molecule has 1 fully saturated rings. The van der Waals surface area contributed by atoms with Crippen LogP contribution in [0.3, 0.4) is 0 Å².